The van der Waals surface area contributed by atoms with Gasteiger partial charge in [0.2, 0.25) is 0 Å². The first-order valence-electron chi connectivity index (χ1n) is 11.4. The molecule has 4 aliphatic rings. The molecular weight excluding hydrogens is 368 g/mol. The van der Waals surface area contributed by atoms with Crippen LogP contribution < -0.4 is 0 Å². The van der Waals surface area contributed by atoms with Crippen molar-refractivity contribution in [3.05, 3.63) is 0 Å². The van der Waals surface area contributed by atoms with Crippen LogP contribution >= 0.6 is 0 Å². The molecule has 0 aliphatic heterocycles. The molecule has 4 rings (SSSR count). The summed E-state index contributed by atoms with van der Waals surface area (Å²) in [5, 5.41) is 0. The van der Waals surface area contributed by atoms with Crippen LogP contribution in [0.25, 0.3) is 0 Å². The standard InChI is InChI=1S/C24H36O5/c1-14(25)28-16-8-11-23(4)19-9-10-22(3)18(6-7-21(22)29-15(2)26)17(19)13-24(23,5)20(27)12-16/h16-19,21H,6-13H2,1-5H3/t16-,17-,18-,19-,21-,22-,23+,24+/m0/s1. The van der Waals surface area contributed by atoms with E-state index >= 15 is 0 Å². The number of ether oxygens (including phenoxy) is 2. The number of carbonyl (C=O) groups is 3. The molecule has 0 spiro atoms. The number of rotatable bonds is 2. The van der Waals surface area contributed by atoms with E-state index in [1.807, 2.05) is 0 Å². The topological polar surface area (TPSA) is 69.7 Å². The van der Waals surface area contributed by atoms with Gasteiger partial charge in [-0.1, -0.05) is 20.8 Å². The summed E-state index contributed by atoms with van der Waals surface area (Å²) in [6.45, 7) is 9.76. The minimum absolute atomic E-state index is 0.0148. The highest BCUT2D eigenvalue weighted by atomic mass is 16.5. The van der Waals surface area contributed by atoms with Crippen molar-refractivity contribution < 1.29 is 23.9 Å². The highest BCUT2D eigenvalue weighted by Gasteiger charge is 2.68. The average molecular weight is 405 g/mol. The lowest BCUT2D eigenvalue weighted by molar-refractivity contribution is -0.155. The fourth-order valence-electron chi connectivity index (χ4n) is 8.05. The lowest BCUT2D eigenvalue weighted by Gasteiger charge is -2.50. The quantitative estimate of drug-likeness (QED) is 0.636. The maximum Gasteiger partial charge on any atom is 0.302 e. The summed E-state index contributed by atoms with van der Waals surface area (Å²) in [5.74, 6) is 1.35. The SMILES string of the molecule is CC(=O)O[C@H]1CC[C@]2(C)[C@H]3CC[C@]4(C)[C@@H](OC(C)=O)CC[C@H]4[C@@H]3C[C@]2(C)C(=O)C1. The van der Waals surface area contributed by atoms with E-state index in [1.165, 1.54) is 13.8 Å². The zero-order chi connectivity index (χ0) is 21.2. The molecule has 0 aromatic carbocycles. The van der Waals surface area contributed by atoms with E-state index in [9.17, 15) is 14.4 Å². The molecule has 0 unspecified atom stereocenters. The molecule has 0 heterocycles. The molecule has 0 radical (unpaired) electrons. The molecule has 0 saturated heterocycles. The van der Waals surface area contributed by atoms with Crippen molar-refractivity contribution >= 4 is 17.7 Å². The summed E-state index contributed by atoms with van der Waals surface area (Å²) >= 11 is 0. The van der Waals surface area contributed by atoms with Gasteiger partial charge in [-0.05, 0) is 68.1 Å². The molecule has 0 N–H and O–H groups in total. The summed E-state index contributed by atoms with van der Waals surface area (Å²) in [6.07, 6.45) is 6.91. The second-order valence-electron chi connectivity index (χ2n) is 10.9. The van der Waals surface area contributed by atoms with Crippen LogP contribution in [0.4, 0.5) is 0 Å². The van der Waals surface area contributed by atoms with Gasteiger partial charge in [0.25, 0.3) is 0 Å². The average Bonchev–Trinajstić information content (AvgIpc) is 3.02. The Labute approximate surface area is 174 Å². The summed E-state index contributed by atoms with van der Waals surface area (Å²) in [5.41, 5.74) is -0.376. The number of esters is 2. The minimum atomic E-state index is -0.359. The van der Waals surface area contributed by atoms with Crippen LogP contribution in [-0.2, 0) is 23.9 Å². The first kappa shape index (κ1) is 20.9. The number of carbonyl (C=O) groups excluding carboxylic acids is 3. The maximum atomic E-state index is 13.5. The molecule has 5 nitrogen and oxygen atoms in total. The monoisotopic (exact) mass is 404 g/mol. The Kier molecular flexibility index (Phi) is 4.90. The smallest absolute Gasteiger partial charge is 0.302 e. The number of hydrogen-bond donors (Lipinski definition) is 0. The third-order valence-electron chi connectivity index (χ3n) is 9.73. The van der Waals surface area contributed by atoms with Crippen LogP contribution in [0.15, 0.2) is 0 Å². The van der Waals surface area contributed by atoms with E-state index in [4.69, 9.17) is 9.47 Å². The Bertz CT molecular complexity index is 731. The molecular formula is C24H36O5. The van der Waals surface area contributed by atoms with E-state index < -0.39 is 0 Å². The van der Waals surface area contributed by atoms with Gasteiger partial charge < -0.3 is 9.47 Å². The zero-order valence-electron chi connectivity index (χ0n) is 18.6. The first-order chi connectivity index (χ1) is 13.5. The molecule has 0 aromatic rings. The van der Waals surface area contributed by atoms with Crippen LogP contribution in [0.5, 0.6) is 0 Å². The molecule has 4 fully saturated rings. The summed E-state index contributed by atoms with van der Waals surface area (Å²) < 4.78 is 11.2. The van der Waals surface area contributed by atoms with Crippen LogP contribution in [-0.4, -0.2) is 29.9 Å². The molecule has 162 valence electrons. The predicted molar refractivity (Wildman–Crippen MR) is 108 cm³/mol. The van der Waals surface area contributed by atoms with E-state index in [2.05, 4.69) is 20.8 Å². The molecule has 4 aliphatic carbocycles. The van der Waals surface area contributed by atoms with Crippen molar-refractivity contribution in [3.8, 4) is 0 Å². The molecule has 4 saturated carbocycles. The maximum absolute atomic E-state index is 13.5. The fraction of sp³-hybridized carbons (Fsp3) is 0.875. The highest BCUT2D eigenvalue weighted by Crippen LogP contribution is 2.71. The first-order valence-corrected chi connectivity index (χ1v) is 11.4. The van der Waals surface area contributed by atoms with Crippen molar-refractivity contribution in [2.75, 3.05) is 0 Å². The second kappa shape index (κ2) is 6.81. The Morgan fingerprint density at radius 1 is 0.897 bits per heavy atom. The van der Waals surface area contributed by atoms with E-state index in [0.717, 1.165) is 44.9 Å². The van der Waals surface area contributed by atoms with Gasteiger partial charge in [0.05, 0.1) is 0 Å². The minimum Gasteiger partial charge on any atom is -0.462 e. The van der Waals surface area contributed by atoms with Gasteiger partial charge in [-0.25, -0.2) is 0 Å². The molecule has 0 aromatic heterocycles. The Morgan fingerprint density at radius 3 is 2.24 bits per heavy atom. The number of ketones is 1. The molecule has 0 bridgehead atoms. The normalized spacial score (nSPS) is 48.9. The van der Waals surface area contributed by atoms with Crippen molar-refractivity contribution in [1.29, 1.82) is 0 Å². The molecule has 0 amide bonds. The third kappa shape index (κ3) is 2.97. The summed E-state index contributed by atoms with van der Waals surface area (Å²) in [7, 11) is 0. The Hall–Kier alpha value is -1.39. The van der Waals surface area contributed by atoms with Gasteiger partial charge in [-0.3, -0.25) is 14.4 Å². The Balaban J connectivity index is 1.62. The Morgan fingerprint density at radius 2 is 1.59 bits per heavy atom. The van der Waals surface area contributed by atoms with Crippen molar-refractivity contribution in [2.24, 2.45) is 34.0 Å². The summed E-state index contributed by atoms with van der Waals surface area (Å²) in [4.78, 5) is 36.6. The lowest BCUT2D eigenvalue weighted by Crippen LogP contribution is -2.46. The highest BCUT2D eigenvalue weighted by molar-refractivity contribution is 5.87. The number of fused-ring (bicyclic) bond motifs is 5. The van der Waals surface area contributed by atoms with Crippen LogP contribution in [0.2, 0.25) is 0 Å². The number of hydrogen-bond acceptors (Lipinski definition) is 5. The predicted octanol–water partition coefficient (Wildman–Crippen LogP) is 4.46. The molecule has 29 heavy (non-hydrogen) atoms. The van der Waals surface area contributed by atoms with Crippen LogP contribution in [0, 0.1) is 34.0 Å². The molecule has 8 atom stereocenters. The van der Waals surface area contributed by atoms with E-state index in [1.54, 1.807) is 0 Å². The van der Waals surface area contributed by atoms with Crippen molar-refractivity contribution in [1.82, 2.24) is 0 Å². The fourth-order valence-corrected chi connectivity index (χ4v) is 8.05. The second-order valence-corrected chi connectivity index (χ2v) is 10.9. The largest absolute Gasteiger partial charge is 0.462 e. The van der Waals surface area contributed by atoms with Gasteiger partial charge in [-0.15, -0.1) is 0 Å². The lowest BCUT2D eigenvalue weighted by atomic mass is 9.55. The van der Waals surface area contributed by atoms with Crippen molar-refractivity contribution in [2.45, 2.75) is 98.2 Å². The van der Waals surface area contributed by atoms with Crippen molar-refractivity contribution in [3.63, 3.8) is 0 Å². The third-order valence-corrected chi connectivity index (χ3v) is 9.73. The van der Waals surface area contributed by atoms with Crippen LogP contribution in [0.1, 0.15) is 86.0 Å². The van der Waals surface area contributed by atoms with Crippen LogP contribution in [0.3, 0.4) is 0 Å². The van der Waals surface area contributed by atoms with Gasteiger partial charge in [0, 0.05) is 31.1 Å². The van der Waals surface area contributed by atoms with Gasteiger partial charge >= 0.3 is 11.9 Å². The number of Topliss-reactive ketones (excluding diaryl/α,β-unsaturated/α-hetero) is 1. The molecule has 5 heteroatoms. The van der Waals surface area contributed by atoms with E-state index in [0.29, 0.717) is 24.2 Å². The van der Waals surface area contributed by atoms with Gasteiger partial charge in [0.15, 0.2) is 0 Å². The van der Waals surface area contributed by atoms with E-state index in [-0.39, 0.29) is 46.2 Å². The zero-order valence-corrected chi connectivity index (χ0v) is 18.6. The van der Waals surface area contributed by atoms with Gasteiger partial charge in [-0.2, -0.15) is 0 Å². The van der Waals surface area contributed by atoms with Gasteiger partial charge in [0.1, 0.15) is 18.0 Å². The summed E-state index contributed by atoms with van der Waals surface area (Å²) in [6, 6.07) is 0.